The first kappa shape index (κ1) is 16.0. The van der Waals surface area contributed by atoms with E-state index in [9.17, 15) is 18.3 Å². The highest BCUT2D eigenvalue weighted by molar-refractivity contribution is 7.09. The molecule has 114 valence electrons. The Hall–Kier alpha value is -1.37. The predicted molar refractivity (Wildman–Crippen MR) is 76.9 cm³/mol. The topological polar surface area (TPSA) is 23.5 Å². The van der Waals surface area contributed by atoms with Gasteiger partial charge in [-0.2, -0.15) is 13.2 Å². The Morgan fingerprint density at radius 2 is 1.76 bits per heavy atom. The highest BCUT2D eigenvalue weighted by Crippen LogP contribution is 2.23. The number of aliphatic hydroxyl groups is 1. The Morgan fingerprint density at radius 3 is 2.33 bits per heavy atom. The van der Waals surface area contributed by atoms with Crippen LogP contribution in [0.4, 0.5) is 13.2 Å². The van der Waals surface area contributed by atoms with E-state index in [1.807, 2.05) is 47.8 Å². The molecule has 1 heterocycles. The molecule has 0 radical (unpaired) electrons. The van der Waals surface area contributed by atoms with Crippen LogP contribution in [0.3, 0.4) is 0 Å². The van der Waals surface area contributed by atoms with Gasteiger partial charge in [-0.25, -0.2) is 0 Å². The standard InChI is InChI=1S/C15H16F3NOS/c16-15(17,18)14(20)11-19(10-13-7-4-8-21-13)9-12-5-2-1-3-6-12/h1-8,14,20H,9-11H2/t14-/m1/s1. The largest absolute Gasteiger partial charge is 0.415 e. The number of aliphatic hydroxyl groups excluding tert-OH is 1. The zero-order chi connectivity index (χ0) is 15.3. The van der Waals surface area contributed by atoms with Gasteiger partial charge in [0, 0.05) is 24.5 Å². The Bertz CT molecular complexity index is 528. The molecule has 0 saturated heterocycles. The van der Waals surface area contributed by atoms with Crippen LogP contribution in [0.1, 0.15) is 10.4 Å². The van der Waals surface area contributed by atoms with Gasteiger partial charge in [0.25, 0.3) is 0 Å². The van der Waals surface area contributed by atoms with Gasteiger partial charge in [-0.15, -0.1) is 11.3 Å². The molecule has 0 saturated carbocycles. The molecular formula is C15H16F3NOS. The number of alkyl halides is 3. The predicted octanol–water partition coefficient (Wildman–Crippen LogP) is 3.67. The summed E-state index contributed by atoms with van der Waals surface area (Å²) in [5, 5.41) is 11.2. The summed E-state index contributed by atoms with van der Waals surface area (Å²) in [4.78, 5) is 2.58. The minimum atomic E-state index is -4.59. The fourth-order valence-electron chi connectivity index (χ4n) is 2.00. The van der Waals surface area contributed by atoms with Gasteiger partial charge in [-0.1, -0.05) is 36.4 Å². The SMILES string of the molecule is O[C@H](CN(Cc1ccccc1)Cc1cccs1)C(F)(F)F. The molecule has 0 aliphatic rings. The van der Waals surface area contributed by atoms with Crippen LogP contribution >= 0.6 is 11.3 Å². The van der Waals surface area contributed by atoms with Gasteiger partial charge < -0.3 is 5.11 Å². The van der Waals surface area contributed by atoms with E-state index in [2.05, 4.69) is 0 Å². The molecule has 1 aromatic heterocycles. The first-order valence-electron chi connectivity index (χ1n) is 6.48. The Balaban J connectivity index is 2.06. The van der Waals surface area contributed by atoms with Gasteiger partial charge >= 0.3 is 6.18 Å². The number of benzene rings is 1. The van der Waals surface area contributed by atoms with Crippen molar-refractivity contribution >= 4 is 11.3 Å². The second-order valence-electron chi connectivity index (χ2n) is 4.79. The summed E-state index contributed by atoms with van der Waals surface area (Å²) in [7, 11) is 0. The van der Waals surface area contributed by atoms with Gasteiger partial charge in [0.15, 0.2) is 6.10 Å². The normalized spacial score (nSPS) is 13.6. The number of nitrogens with zero attached hydrogens (tertiary/aromatic N) is 1. The second kappa shape index (κ2) is 7.06. The number of hydrogen-bond donors (Lipinski definition) is 1. The Kier molecular flexibility index (Phi) is 5.39. The third-order valence-electron chi connectivity index (χ3n) is 3.02. The van der Waals surface area contributed by atoms with E-state index in [0.717, 1.165) is 10.4 Å². The van der Waals surface area contributed by atoms with Crippen LogP contribution < -0.4 is 0 Å². The van der Waals surface area contributed by atoms with Crippen molar-refractivity contribution in [3.05, 3.63) is 58.3 Å². The first-order chi connectivity index (χ1) is 9.95. The van der Waals surface area contributed by atoms with Crippen molar-refractivity contribution in [1.82, 2.24) is 4.90 Å². The number of halogens is 3. The van der Waals surface area contributed by atoms with Crippen molar-refractivity contribution in [3.8, 4) is 0 Å². The molecule has 0 unspecified atom stereocenters. The van der Waals surface area contributed by atoms with Gasteiger partial charge in [-0.3, -0.25) is 4.90 Å². The van der Waals surface area contributed by atoms with Crippen molar-refractivity contribution in [1.29, 1.82) is 0 Å². The molecule has 0 spiro atoms. The van der Waals surface area contributed by atoms with Crippen LogP contribution in [-0.4, -0.2) is 28.8 Å². The van der Waals surface area contributed by atoms with Crippen molar-refractivity contribution in [2.75, 3.05) is 6.54 Å². The summed E-state index contributed by atoms with van der Waals surface area (Å²) in [6, 6.07) is 13.0. The molecule has 2 nitrogen and oxygen atoms in total. The van der Waals surface area contributed by atoms with E-state index in [-0.39, 0.29) is 0 Å². The molecule has 0 aliphatic heterocycles. The van der Waals surface area contributed by atoms with Crippen LogP contribution in [0.5, 0.6) is 0 Å². The van der Waals surface area contributed by atoms with Crippen molar-refractivity contribution in [2.24, 2.45) is 0 Å². The summed E-state index contributed by atoms with van der Waals surface area (Å²) >= 11 is 1.49. The van der Waals surface area contributed by atoms with Gasteiger partial charge in [0.1, 0.15) is 0 Å². The third kappa shape index (κ3) is 5.15. The van der Waals surface area contributed by atoms with Gasteiger partial charge in [0.05, 0.1) is 0 Å². The zero-order valence-corrected chi connectivity index (χ0v) is 12.1. The minimum Gasteiger partial charge on any atom is -0.382 e. The average Bonchev–Trinajstić information content (AvgIpc) is 2.91. The van der Waals surface area contributed by atoms with Crippen LogP contribution in [0.2, 0.25) is 0 Å². The molecule has 0 aliphatic carbocycles. The highest BCUT2D eigenvalue weighted by Gasteiger charge is 2.39. The molecule has 2 rings (SSSR count). The lowest BCUT2D eigenvalue weighted by Crippen LogP contribution is -2.40. The quantitative estimate of drug-likeness (QED) is 0.879. The summed E-state index contributed by atoms with van der Waals surface area (Å²) in [6.07, 6.45) is -6.93. The fourth-order valence-corrected chi connectivity index (χ4v) is 2.74. The molecule has 0 fully saturated rings. The van der Waals surface area contributed by atoms with E-state index in [1.54, 1.807) is 4.90 Å². The van der Waals surface area contributed by atoms with E-state index < -0.39 is 18.8 Å². The number of thiophene rings is 1. The van der Waals surface area contributed by atoms with E-state index >= 15 is 0 Å². The van der Waals surface area contributed by atoms with Crippen LogP contribution in [-0.2, 0) is 13.1 Å². The summed E-state index contributed by atoms with van der Waals surface area (Å²) in [5.41, 5.74) is 0.920. The maximum atomic E-state index is 12.6. The molecule has 1 aromatic carbocycles. The molecule has 1 atom stereocenters. The molecule has 0 bridgehead atoms. The monoisotopic (exact) mass is 315 g/mol. The van der Waals surface area contributed by atoms with E-state index in [0.29, 0.717) is 13.1 Å². The van der Waals surface area contributed by atoms with Gasteiger partial charge in [-0.05, 0) is 17.0 Å². The molecule has 1 N–H and O–H groups in total. The zero-order valence-electron chi connectivity index (χ0n) is 11.3. The summed E-state index contributed by atoms with van der Waals surface area (Å²) in [5.74, 6) is 0. The van der Waals surface area contributed by atoms with Crippen LogP contribution in [0, 0.1) is 0 Å². The molecule has 2 aromatic rings. The summed E-state index contributed by atoms with van der Waals surface area (Å²) in [6.45, 7) is 0.321. The van der Waals surface area contributed by atoms with Crippen molar-refractivity contribution in [2.45, 2.75) is 25.4 Å². The minimum absolute atomic E-state index is 0.367. The maximum absolute atomic E-state index is 12.6. The number of rotatable bonds is 6. The fraction of sp³-hybridized carbons (Fsp3) is 0.333. The maximum Gasteiger partial charge on any atom is 0.415 e. The lowest BCUT2D eigenvalue weighted by Gasteiger charge is -2.25. The lowest BCUT2D eigenvalue weighted by atomic mass is 10.2. The Labute approximate surface area is 125 Å². The van der Waals surface area contributed by atoms with E-state index in [4.69, 9.17) is 0 Å². The lowest BCUT2D eigenvalue weighted by molar-refractivity contribution is -0.208. The Morgan fingerprint density at radius 1 is 1.05 bits per heavy atom. The van der Waals surface area contributed by atoms with Crippen molar-refractivity contribution in [3.63, 3.8) is 0 Å². The average molecular weight is 315 g/mol. The molecule has 21 heavy (non-hydrogen) atoms. The first-order valence-corrected chi connectivity index (χ1v) is 7.36. The number of hydrogen-bond acceptors (Lipinski definition) is 3. The molecule has 6 heteroatoms. The highest BCUT2D eigenvalue weighted by atomic mass is 32.1. The third-order valence-corrected chi connectivity index (χ3v) is 3.88. The van der Waals surface area contributed by atoms with Crippen molar-refractivity contribution < 1.29 is 18.3 Å². The van der Waals surface area contributed by atoms with Gasteiger partial charge in [0.2, 0.25) is 0 Å². The second-order valence-corrected chi connectivity index (χ2v) is 5.82. The molecular weight excluding hydrogens is 299 g/mol. The van der Waals surface area contributed by atoms with Crippen LogP contribution in [0.15, 0.2) is 47.8 Å². The van der Waals surface area contributed by atoms with Crippen LogP contribution in [0.25, 0.3) is 0 Å². The smallest absolute Gasteiger partial charge is 0.382 e. The van der Waals surface area contributed by atoms with E-state index in [1.165, 1.54) is 11.3 Å². The summed E-state index contributed by atoms with van der Waals surface area (Å²) < 4.78 is 37.7. The molecule has 0 amide bonds.